The summed E-state index contributed by atoms with van der Waals surface area (Å²) in [7, 11) is 0. The highest BCUT2D eigenvalue weighted by Gasteiger charge is 2.46. The third-order valence-electron chi connectivity index (χ3n) is 3.53. The average Bonchev–Trinajstić information content (AvgIpc) is 2.57. The number of aldehydes is 1. The van der Waals surface area contributed by atoms with Crippen LogP contribution >= 0.6 is 0 Å². The van der Waals surface area contributed by atoms with Gasteiger partial charge < -0.3 is 55.1 Å². The van der Waals surface area contributed by atoms with E-state index in [2.05, 4.69) is 0 Å². The van der Waals surface area contributed by atoms with Gasteiger partial charge >= 0.3 is 0 Å². The molecule has 0 bridgehead atoms. The number of aliphatic hydroxyl groups is 8. The minimum atomic E-state index is -1.95. The van der Waals surface area contributed by atoms with Crippen molar-refractivity contribution in [2.24, 2.45) is 0 Å². The maximum atomic E-state index is 10.7. The third-order valence-corrected chi connectivity index (χ3v) is 3.53. The van der Waals surface area contributed by atoms with Gasteiger partial charge in [0.05, 0.1) is 13.2 Å². The van der Waals surface area contributed by atoms with Crippen LogP contribution in [0.1, 0.15) is 0 Å². The predicted octanol–water partition coefficient (Wildman–Crippen LogP) is -5.55. The lowest BCUT2D eigenvalue weighted by Crippen LogP contribution is -2.61. The molecule has 1 aliphatic rings. The largest absolute Gasteiger partial charge is 0.394 e. The summed E-state index contributed by atoms with van der Waals surface area (Å²) in [6.07, 6.45) is -15.7. The molecule has 0 saturated carbocycles. The van der Waals surface area contributed by atoms with Gasteiger partial charge in [-0.05, 0) is 0 Å². The Morgan fingerprint density at radius 1 is 1.04 bits per heavy atom. The summed E-state index contributed by atoms with van der Waals surface area (Å²) in [5.74, 6) is 0. The van der Waals surface area contributed by atoms with Crippen LogP contribution < -0.4 is 0 Å². The van der Waals surface area contributed by atoms with Crippen molar-refractivity contribution in [2.75, 3.05) is 13.2 Å². The molecule has 1 saturated heterocycles. The second-order valence-electron chi connectivity index (χ2n) is 5.17. The maximum Gasteiger partial charge on any atom is 0.187 e. The van der Waals surface area contributed by atoms with Crippen molar-refractivity contribution in [2.45, 2.75) is 55.1 Å². The van der Waals surface area contributed by atoms with Gasteiger partial charge in [-0.25, -0.2) is 0 Å². The van der Waals surface area contributed by atoms with Crippen LogP contribution in [0.4, 0.5) is 0 Å². The van der Waals surface area contributed by atoms with E-state index in [0.717, 1.165) is 0 Å². The Balaban J connectivity index is 2.91. The Morgan fingerprint density at radius 3 is 2.13 bits per heavy atom. The molecule has 11 nitrogen and oxygen atoms in total. The molecule has 0 aromatic rings. The van der Waals surface area contributed by atoms with E-state index < -0.39 is 68.3 Å². The van der Waals surface area contributed by atoms with Crippen LogP contribution in [0.2, 0.25) is 0 Å². The minimum absolute atomic E-state index is 0.0119. The molecule has 0 aliphatic carbocycles. The smallest absolute Gasteiger partial charge is 0.187 e. The monoisotopic (exact) mass is 342 g/mol. The maximum absolute atomic E-state index is 10.7. The quantitative estimate of drug-likeness (QED) is 0.196. The van der Waals surface area contributed by atoms with E-state index in [0.29, 0.717) is 0 Å². The van der Waals surface area contributed by atoms with E-state index in [-0.39, 0.29) is 6.29 Å². The Kier molecular flexibility index (Phi) is 7.89. The summed E-state index contributed by atoms with van der Waals surface area (Å²) in [5, 5.41) is 75.6. The van der Waals surface area contributed by atoms with Crippen LogP contribution in [0.5, 0.6) is 0 Å². The standard InChI is InChI=1S/C12H22O11/c13-1-4(16)7(18)11(5(17)2-14)23-12-10(21)9(20)8(19)6(3-15)22-12/h2,4-13,15-21H,1,3H2/t4-,5-,6-,7-,8-,9+,10+,11-,12-/m1/s1. The summed E-state index contributed by atoms with van der Waals surface area (Å²) >= 11 is 0. The molecule has 9 atom stereocenters. The Hall–Kier alpha value is -0.730. The topological polar surface area (TPSA) is 197 Å². The van der Waals surface area contributed by atoms with Gasteiger partial charge in [-0.15, -0.1) is 0 Å². The second-order valence-corrected chi connectivity index (χ2v) is 5.17. The summed E-state index contributed by atoms with van der Waals surface area (Å²) in [4.78, 5) is 10.7. The fourth-order valence-corrected chi connectivity index (χ4v) is 2.10. The first-order valence-electron chi connectivity index (χ1n) is 6.84. The molecule has 0 aromatic carbocycles. The zero-order chi connectivity index (χ0) is 17.7. The lowest BCUT2D eigenvalue weighted by atomic mass is 9.98. The van der Waals surface area contributed by atoms with Crippen molar-refractivity contribution in [3.8, 4) is 0 Å². The van der Waals surface area contributed by atoms with Crippen molar-refractivity contribution in [1.29, 1.82) is 0 Å². The van der Waals surface area contributed by atoms with Crippen LogP contribution in [0.15, 0.2) is 0 Å². The highest BCUT2D eigenvalue weighted by atomic mass is 16.7. The Morgan fingerprint density at radius 2 is 1.65 bits per heavy atom. The lowest BCUT2D eigenvalue weighted by molar-refractivity contribution is -0.324. The van der Waals surface area contributed by atoms with E-state index in [1.165, 1.54) is 0 Å². The third kappa shape index (κ3) is 4.64. The average molecular weight is 342 g/mol. The van der Waals surface area contributed by atoms with E-state index >= 15 is 0 Å². The van der Waals surface area contributed by atoms with Crippen molar-refractivity contribution in [1.82, 2.24) is 0 Å². The minimum Gasteiger partial charge on any atom is -0.394 e. The molecule has 0 unspecified atom stereocenters. The zero-order valence-corrected chi connectivity index (χ0v) is 12.0. The van der Waals surface area contributed by atoms with E-state index in [1.54, 1.807) is 0 Å². The van der Waals surface area contributed by atoms with Crippen LogP contribution in [0.3, 0.4) is 0 Å². The SMILES string of the molecule is O=C[C@@H](O)[C@@H](O[C@H]1O[C@H](CO)[C@@H](O)[C@H](O)[C@@H]1O)[C@H](O)[C@H](O)CO. The molecular formula is C12H22O11. The van der Waals surface area contributed by atoms with Gasteiger partial charge in [-0.3, -0.25) is 0 Å². The van der Waals surface area contributed by atoms with Gasteiger partial charge in [-0.2, -0.15) is 0 Å². The summed E-state index contributed by atoms with van der Waals surface area (Å²) in [5.41, 5.74) is 0. The molecular weight excluding hydrogens is 320 g/mol. The molecule has 0 radical (unpaired) electrons. The first-order chi connectivity index (χ1) is 10.8. The summed E-state index contributed by atoms with van der Waals surface area (Å²) in [6, 6.07) is 0. The molecule has 1 rings (SSSR count). The van der Waals surface area contributed by atoms with E-state index in [9.17, 15) is 35.4 Å². The molecule has 0 aromatic heterocycles. The zero-order valence-electron chi connectivity index (χ0n) is 12.0. The van der Waals surface area contributed by atoms with Crippen molar-refractivity contribution in [3.05, 3.63) is 0 Å². The van der Waals surface area contributed by atoms with Crippen LogP contribution in [0, 0.1) is 0 Å². The van der Waals surface area contributed by atoms with Crippen molar-refractivity contribution < 1.29 is 55.1 Å². The molecule has 8 N–H and O–H groups in total. The van der Waals surface area contributed by atoms with Gasteiger partial charge in [0.1, 0.15) is 48.8 Å². The predicted molar refractivity (Wildman–Crippen MR) is 69.8 cm³/mol. The van der Waals surface area contributed by atoms with Crippen molar-refractivity contribution in [3.63, 3.8) is 0 Å². The number of hydrogen-bond acceptors (Lipinski definition) is 11. The van der Waals surface area contributed by atoms with Crippen LogP contribution in [-0.4, -0.2) is 115 Å². The van der Waals surface area contributed by atoms with Gasteiger partial charge in [0.2, 0.25) is 0 Å². The molecule has 0 amide bonds. The molecule has 1 heterocycles. The van der Waals surface area contributed by atoms with Gasteiger partial charge in [-0.1, -0.05) is 0 Å². The molecule has 0 spiro atoms. The van der Waals surface area contributed by atoms with Crippen LogP contribution in [-0.2, 0) is 14.3 Å². The number of carbonyl (C=O) groups is 1. The molecule has 23 heavy (non-hydrogen) atoms. The van der Waals surface area contributed by atoms with Crippen LogP contribution in [0.25, 0.3) is 0 Å². The van der Waals surface area contributed by atoms with E-state index in [4.69, 9.17) is 19.7 Å². The fraction of sp³-hybridized carbons (Fsp3) is 0.917. The summed E-state index contributed by atoms with van der Waals surface area (Å²) in [6.45, 7) is -1.63. The van der Waals surface area contributed by atoms with E-state index in [1.807, 2.05) is 0 Å². The highest BCUT2D eigenvalue weighted by Crippen LogP contribution is 2.24. The molecule has 1 aliphatic heterocycles. The van der Waals surface area contributed by atoms with Gasteiger partial charge in [0, 0.05) is 0 Å². The first kappa shape index (κ1) is 20.3. The molecule has 11 heteroatoms. The highest BCUT2D eigenvalue weighted by molar-refractivity contribution is 5.56. The van der Waals surface area contributed by atoms with Gasteiger partial charge in [0.25, 0.3) is 0 Å². The fourth-order valence-electron chi connectivity index (χ4n) is 2.10. The normalized spacial score (nSPS) is 37.0. The lowest BCUT2D eigenvalue weighted by Gasteiger charge is -2.41. The number of aliphatic hydroxyl groups excluding tert-OH is 8. The number of rotatable bonds is 8. The number of carbonyl (C=O) groups excluding carboxylic acids is 1. The second kappa shape index (κ2) is 8.94. The Bertz CT molecular complexity index is 365. The molecule has 136 valence electrons. The Labute approximate surface area is 130 Å². The van der Waals surface area contributed by atoms with Crippen molar-refractivity contribution >= 4 is 6.29 Å². The number of ether oxygens (including phenoxy) is 2. The number of hydrogen-bond donors (Lipinski definition) is 8. The molecule has 1 fully saturated rings. The first-order valence-corrected chi connectivity index (χ1v) is 6.84. The summed E-state index contributed by atoms with van der Waals surface area (Å²) < 4.78 is 10.0. The van der Waals surface area contributed by atoms with Gasteiger partial charge in [0.15, 0.2) is 12.6 Å².